The molecular formula is C55H54F6N9O4+. The summed E-state index contributed by atoms with van der Waals surface area (Å²) in [4.78, 5) is 35.8. The fourth-order valence-corrected chi connectivity index (χ4v) is 11.1. The molecule has 384 valence electrons. The summed E-state index contributed by atoms with van der Waals surface area (Å²) in [6.07, 6.45) is -2.68. The zero-order valence-corrected chi connectivity index (χ0v) is 40.7. The zero-order chi connectivity index (χ0) is 52.7. The van der Waals surface area contributed by atoms with E-state index in [2.05, 4.69) is 12.1 Å². The number of aryl methyl sites for hydroxylation is 2. The van der Waals surface area contributed by atoms with Gasteiger partial charge in [0.2, 0.25) is 0 Å². The predicted molar refractivity (Wildman–Crippen MR) is 264 cm³/mol. The number of fused-ring (bicyclic) bond motifs is 2. The maximum atomic E-state index is 15.1. The van der Waals surface area contributed by atoms with Gasteiger partial charge in [0, 0.05) is 51.4 Å². The van der Waals surface area contributed by atoms with Gasteiger partial charge in [0.25, 0.3) is 0 Å². The van der Waals surface area contributed by atoms with Crippen LogP contribution in [0.3, 0.4) is 0 Å². The lowest BCUT2D eigenvalue weighted by atomic mass is 9.94. The number of hydrogen-bond donors (Lipinski definition) is 2. The third-order valence-corrected chi connectivity index (χ3v) is 14.7. The van der Waals surface area contributed by atoms with E-state index in [1.807, 2.05) is 0 Å². The normalized spacial score (nSPS) is 17.8. The van der Waals surface area contributed by atoms with E-state index in [1.165, 1.54) is 43.2 Å². The zero-order valence-electron chi connectivity index (χ0n) is 40.7. The van der Waals surface area contributed by atoms with Gasteiger partial charge in [0.15, 0.2) is 11.8 Å². The molecule has 5 heterocycles. The second-order valence-electron chi connectivity index (χ2n) is 19.1. The number of carbonyl (C=O) groups is 2. The van der Waals surface area contributed by atoms with Crippen LogP contribution >= 0.6 is 0 Å². The molecule has 0 aliphatic carbocycles. The number of benzene rings is 4. The van der Waals surface area contributed by atoms with Crippen LogP contribution in [0.1, 0.15) is 103 Å². The highest BCUT2D eigenvalue weighted by Crippen LogP contribution is 2.51. The second kappa shape index (κ2) is 20.2. The van der Waals surface area contributed by atoms with E-state index in [9.17, 15) is 47.1 Å². The number of hydrogen-bond acceptors (Lipinski definition) is 6. The van der Waals surface area contributed by atoms with Crippen molar-refractivity contribution in [2.75, 3.05) is 49.1 Å². The Morgan fingerprint density at radius 2 is 0.986 bits per heavy atom. The van der Waals surface area contributed by atoms with Crippen LogP contribution in [0.2, 0.25) is 0 Å². The maximum absolute atomic E-state index is 15.1. The number of carbonyl (C=O) groups excluding carboxylic acids is 2. The number of halogens is 6. The second-order valence-corrected chi connectivity index (χ2v) is 19.1. The summed E-state index contributed by atoms with van der Waals surface area (Å²) in [5.41, 5.74) is 1.03. The third kappa shape index (κ3) is 9.48. The highest BCUT2D eigenvalue weighted by atomic mass is 19.4. The standard InChI is InChI=1S/C55H53F6N9O4/c1-3-64-34-44-46(50(64)71)48(38-20-16-36(32-62)17-21-38)66(52(73)68(44)42-14-8-12-40(30-42)54(56,57)58)24-10-28-70(26-6-5-7-27-70)29-11-25-67-49(39-22-18-37(33-63)19-23-39)47-45(35-65(4-2)51(47)72)69(53(67)74)43-15-9-13-41(31-43)55(59,60)61/h8-9,12-23,30-31,34-35,48-49H,3-7,10-11,24-29H2,1-2H3,(H-,71,72)/p+1/t48-,49-/m1/s1. The van der Waals surface area contributed by atoms with Crippen LogP contribution in [0.5, 0.6) is 11.8 Å². The topological polar surface area (TPSA) is 145 Å². The summed E-state index contributed by atoms with van der Waals surface area (Å²) < 4.78 is 88.6. The number of quaternary nitrogens is 1. The van der Waals surface area contributed by atoms with Crippen LogP contribution in [-0.4, -0.2) is 85.0 Å². The van der Waals surface area contributed by atoms with Crippen molar-refractivity contribution in [2.45, 2.75) is 83.5 Å². The molecule has 0 radical (unpaired) electrons. The molecule has 6 aromatic rings. The smallest absolute Gasteiger partial charge is 0.416 e. The molecule has 13 nitrogen and oxygen atoms in total. The van der Waals surface area contributed by atoms with Gasteiger partial charge in [-0.15, -0.1) is 0 Å². The average molecular weight is 1020 g/mol. The minimum Gasteiger partial charge on any atom is -0.494 e. The first-order valence-electron chi connectivity index (χ1n) is 24.7. The molecule has 4 aromatic carbocycles. The lowest BCUT2D eigenvalue weighted by Crippen LogP contribution is -2.55. The number of rotatable bonds is 14. The number of nitrogens with zero attached hydrogens (tertiary/aromatic N) is 9. The van der Waals surface area contributed by atoms with Crippen LogP contribution in [0, 0.1) is 22.7 Å². The molecule has 0 bridgehead atoms. The first-order valence-corrected chi connectivity index (χ1v) is 24.7. The van der Waals surface area contributed by atoms with Gasteiger partial charge in [-0.25, -0.2) is 9.59 Å². The van der Waals surface area contributed by atoms with Crippen molar-refractivity contribution in [2.24, 2.45) is 0 Å². The number of aromatic nitrogens is 2. The molecule has 0 unspecified atom stereocenters. The predicted octanol–water partition coefficient (Wildman–Crippen LogP) is 12.3. The molecule has 9 rings (SSSR count). The fraction of sp³-hybridized carbons (Fsp3) is 0.345. The van der Waals surface area contributed by atoms with Crippen molar-refractivity contribution < 1.29 is 50.6 Å². The Labute approximate surface area is 424 Å². The molecule has 4 amide bonds. The number of aromatic hydroxyl groups is 2. The van der Waals surface area contributed by atoms with Crippen molar-refractivity contribution in [3.63, 3.8) is 0 Å². The molecule has 1 fully saturated rings. The molecule has 1 saturated heterocycles. The SMILES string of the molecule is CCn1cc2c(c1O)[C@@H](c1ccc(C#N)cc1)N(CCC[N+]1(CCCN3C(=O)N(c4cccc(C(F)(F)F)c4)c4cn(CC)c(O)c4[C@H]3c3ccc(C#N)cc3)CCCCC1)C(=O)N2c1cccc(C(F)(F)F)c1. The molecule has 2 N–H and O–H groups in total. The molecule has 3 aliphatic heterocycles. The number of amides is 4. The van der Waals surface area contributed by atoms with Crippen LogP contribution < -0.4 is 9.80 Å². The van der Waals surface area contributed by atoms with Crippen molar-refractivity contribution >= 4 is 34.8 Å². The van der Waals surface area contributed by atoms with E-state index < -0.39 is 47.6 Å². The van der Waals surface area contributed by atoms with Gasteiger partial charge in [0.1, 0.15) is 0 Å². The van der Waals surface area contributed by atoms with Crippen LogP contribution in [0.4, 0.5) is 58.7 Å². The molecule has 74 heavy (non-hydrogen) atoms. The summed E-state index contributed by atoms with van der Waals surface area (Å²) in [6.45, 7) is 7.03. The van der Waals surface area contributed by atoms with E-state index in [0.29, 0.717) is 63.8 Å². The molecule has 0 saturated carbocycles. The summed E-state index contributed by atoms with van der Waals surface area (Å²) >= 11 is 0. The Bertz CT molecular complexity index is 2940. The summed E-state index contributed by atoms with van der Waals surface area (Å²) in [5.74, 6) is -0.313. The van der Waals surface area contributed by atoms with E-state index >= 15 is 9.59 Å². The number of urea groups is 2. The summed E-state index contributed by atoms with van der Waals surface area (Å²) in [6, 6.07) is 23.5. The molecule has 3 aliphatic rings. The van der Waals surface area contributed by atoms with Gasteiger partial charge in [-0.05, 0) is 105 Å². The quantitative estimate of drug-likeness (QED) is 0.0821. The van der Waals surface area contributed by atoms with Crippen molar-refractivity contribution in [3.05, 3.63) is 154 Å². The van der Waals surface area contributed by atoms with Crippen molar-refractivity contribution in [1.29, 1.82) is 10.5 Å². The highest BCUT2D eigenvalue weighted by Gasteiger charge is 2.46. The molecule has 19 heteroatoms. The number of anilines is 4. The average Bonchev–Trinajstić information content (AvgIpc) is 3.92. The Kier molecular flexibility index (Phi) is 13.9. The van der Waals surface area contributed by atoms with Gasteiger partial charge in [-0.1, -0.05) is 36.4 Å². The number of nitriles is 2. The van der Waals surface area contributed by atoms with Crippen LogP contribution in [0.25, 0.3) is 0 Å². The minimum absolute atomic E-state index is 0.0352. The van der Waals surface area contributed by atoms with Gasteiger partial charge in [0.05, 0.1) is 107 Å². The Morgan fingerprint density at radius 1 is 0.595 bits per heavy atom. The fourth-order valence-electron chi connectivity index (χ4n) is 11.1. The largest absolute Gasteiger partial charge is 0.494 e. The number of alkyl halides is 6. The van der Waals surface area contributed by atoms with Crippen molar-refractivity contribution in [1.82, 2.24) is 18.9 Å². The Balaban J connectivity index is 1.04. The minimum atomic E-state index is -4.70. The molecule has 2 atom stereocenters. The maximum Gasteiger partial charge on any atom is 0.416 e. The summed E-state index contributed by atoms with van der Waals surface area (Å²) in [5, 5.41) is 42.9. The lowest BCUT2D eigenvalue weighted by molar-refractivity contribution is -0.932. The van der Waals surface area contributed by atoms with Gasteiger partial charge in [-0.2, -0.15) is 36.9 Å². The Morgan fingerprint density at radius 3 is 1.34 bits per heavy atom. The van der Waals surface area contributed by atoms with Gasteiger partial charge in [-0.3, -0.25) is 9.80 Å². The molecule has 0 spiro atoms. The molecule has 2 aromatic heterocycles. The van der Waals surface area contributed by atoms with Crippen LogP contribution in [-0.2, 0) is 25.4 Å². The van der Waals surface area contributed by atoms with Crippen LogP contribution in [0.15, 0.2) is 109 Å². The molecular weight excluding hydrogens is 965 g/mol. The van der Waals surface area contributed by atoms with E-state index in [1.54, 1.807) is 84.6 Å². The Hall–Kier alpha value is -7.90. The first kappa shape index (κ1) is 51.0. The number of piperidine rings is 1. The van der Waals surface area contributed by atoms with E-state index in [4.69, 9.17) is 0 Å². The van der Waals surface area contributed by atoms with Gasteiger partial charge < -0.3 is 33.6 Å². The summed E-state index contributed by atoms with van der Waals surface area (Å²) in [7, 11) is 0. The van der Waals surface area contributed by atoms with Gasteiger partial charge >= 0.3 is 24.4 Å². The third-order valence-electron chi connectivity index (χ3n) is 14.7. The first-order chi connectivity index (χ1) is 35.4. The lowest BCUT2D eigenvalue weighted by Gasteiger charge is -2.45. The van der Waals surface area contributed by atoms with E-state index in [-0.39, 0.29) is 60.7 Å². The van der Waals surface area contributed by atoms with E-state index in [0.717, 1.165) is 56.6 Å². The number of likely N-dealkylation sites (tertiary alicyclic amines) is 1. The highest BCUT2D eigenvalue weighted by molar-refractivity contribution is 6.04. The van der Waals surface area contributed by atoms with Crippen molar-refractivity contribution in [3.8, 4) is 23.9 Å². The monoisotopic (exact) mass is 1020 g/mol.